The number of aromatic nitrogens is 1. The number of pyridine rings is 1. The zero-order valence-corrected chi connectivity index (χ0v) is 10.5. The van der Waals surface area contributed by atoms with Crippen molar-refractivity contribution in [2.24, 2.45) is 0 Å². The van der Waals surface area contributed by atoms with E-state index in [0.29, 0.717) is 5.92 Å². The van der Waals surface area contributed by atoms with Gasteiger partial charge in [-0.2, -0.15) is 0 Å². The number of amides is 1. The van der Waals surface area contributed by atoms with Crippen molar-refractivity contribution in [2.75, 3.05) is 11.9 Å². The lowest BCUT2D eigenvalue weighted by atomic mass is 9.87. The van der Waals surface area contributed by atoms with Crippen LogP contribution in [0.5, 0.6) is 0 Å². The first-order chi connectivity index (χ1) is 7.35. The molecule has 0 spiro atoms. The van der Waals surface area contributed by atoms with E-state index >= 15 is 0 Å². The van der Waals surface area contributed by atoms with E-state index in [4.69, 9.17) is 0 Å². The number of rotatable bonds is 1. The minimum Gasteiger partial charge on any atom is -0.299 e. The Balaban J connectivity index is 2.59. The first-order valence-electron chi connectivity index (χ1n) is 5.65. The topological polar surface area (TPSA) is 33.2 Å². The summed E-state index contributed by atoms with van der Waals surface area (Å²) in [5.74, 6) is 1.33. The van der Waals surface area contributed by atoms with Crippen LogP contribution >= 0.6 is 0 Å². The fourth-order valence-corrected chi connectivity index (χ4v) is 2.16. The van der Waals surface area contributed by atoms with Gasteiger partial charge < -0.3 is 0 Å². The molecule has 1 aliphatic rings. The predicted molar refractivity (Wildman–Crippen MR) is 64.8 cm³/mol. The van der Waals surface area contributed by atoms with Crippen molar-refractivity contribution < 1.29 is 4.79 Å². The molecule has 0 radical (unpaired) electrons. The summed E-state index contributed by atoms with van der Waals surface area (Å²) in [5, 5.41) is 0. The van der Waals surface area contributed by atoms with Crippen molar-refractivity contribution in [1.29, 1.82) is 0 Å². The summed E-state index contributed by atoms with van der Waals surface area (Å²) in [6.07, 6.45) is 0. The van der Waals surface area contributed by atoms with E-state index < -0.39 is 5.41 Å². The number of hydrogen-bond donors (Lipinski definition) is 0. The molecule has 1 aromatic rings. The lowest BCUT2D eigenvalue weighted by Gasteiger charge is -2.15. The molecule has 0 atom stereocenters. The average Bonchev–Trinajstić information content (AvgIpc) is 2.40. The van der Waals surface area contributed by atoms with Gasteiger partial charge in [0.05, 0.1) is 5.41 Å². The number of likely N-dealkylation sites (N-methyl/N-ethyl adjacent to an activating group) is 1. The van der Waals surface area contributed by atoms with Crippen LogP contribution in [0.4, 0.5) is 5.82 Å². The number of carbonyl (C=O) groups is 1. The van der Waals surface area contributed by atoms with Gasteiger partial charge in [0.1, 0.15) is 5.82 Å². The Labute approximate surface area is 96.5 Å². The minimum absolute atomic E-state index is 0.121. The maximum Gasteiger partial charge on any atom is 0.238 e. The second-order valence-corrected chi connectivity index (χ2v) is 5.25. The number of fused-ring (bicyclic) bond motifs is 1. The van der Waals surface area contributed by atoms with Gasteiger partial charge in [0, 0.05) is 18.3 Å². The molecule has 0 saturated carbocycles. The molecule has 2 rings (SSSR count). The molecule has 1 amide bonds. The molecule has 0 fully saturated rings. The third-order valence-corrected chi connectivity index (χ3v) is 3.32. The fourth-order valence-electron chi connectivity index (χ4n) is 2.16. The number of carbonyl (C=O) groups excluding carboxylic acids is 1. The van der Waals surface area contributed by atoms with E-state index in [9.17, 15) is 4.79 Å². The standard InChI is InChI=1S/C13H18N2O/c1-8(2)10-7-6-9-11(14-10)15(5)12(16)13(9,3)4/h6-8H,1-5H3. The van der Waals surface area contributed by atoms with Gasteiger partial charge in [0.2, 0.25) is 5.91 Å². The summed E-state index contributed by atoms with van der Waals surface area (Å²) in [7, 11) is 1.80. The van der Waals surface area contributed by atoms with Gasteiger partial charge >= 0.3 is 0 Å². The van der Waals surface area contributed by atoms with Crippen LogP contribution in [0.3, 0.4) is 0 Å². The molecule has 16 heavy (non-hydrogen) atoms. The van der Waals surface area contributed by atoms with Crippen LogP contribution in [-0.4, -0.2) is 17.9 Å². The van der Waals surface area contributed by atoms with Crippen molar-refractivity contribution >= 4 is 11.7 Å². The van der Waals surface area contributed by atoms with E-state index in [2.05, 4.69) is 18.8 Å². The van der Waals surface area contributed by atoms with Crippen molar-refractivity contribution in [3.63, 3.8) is 0 Å². The lowest BCUT2D eigenvalue weighted by Crippen LogP contribution is -2.33. The van der Waals surface area contributed by atoms with Crippen LogP contribution in [0.1, 0.15) is 44.9 Å². The van der Waals surface area contributed by atoms with Gasteiger partial charge in [-0.3, -0.25) is 9.69 Å². The maximum absolute atomic E-state index is 12.1. The van der Waals surface area contributed by atoms with E-state index in [-0.39, 0.29) is 5.91 Å². The molecule has 0 unspecified atom stereocenters. The highest BCUT2D eigenvalue weighted by atomic mass is 16.2. The van der Waals surface area contributed by atoms with Crippen LogP contribution in [-0.2, 0) is 10.2 Å². The molecule has 0 N–H and O–H groups in total. The Morgan fingerprint density at radius 2 is 1.94 bits per heavy atom. The number of anilines is 1. The highest BCUT2D eigenvalue weighted by Crippen LogP contribution is 2.39. The van der Waals surface area contributed by atoms with Crippen LogP contribution in [0.2, 0.25) is 0 Å². The Morgan fingerprint density at radius 3 is 2.50 bits per heavy atom. The van der Waals surface area contributed by atoms with E-state index in [1.807, 2.05) is 26.0 Å². The normalized spacial score (nSPS) is 18.1. The van der Waals surface area contributed by atoms with Crippen LogP contribution in [0, 0.1) is 0 Å². The van der Waals surface area contributed by atoms with E-state index in [0.717, 1.165) is 17.1 Å². The molecular formula is C13H18N2O. The van der Waals surface area contributed by atoms with Gasteiger partial charge in [-0.1, -0.05) is 19.9 Å². The van der Waals surface area contributed by atoms with Gasteiger partial charge in [0.15, 0.2) is 0 Å². The Morgan fingerprint density at radius 1 is 1.31 bits per heavy atom. The highest BCUT2D eigenvalue weighted by molar-refractivity contribution is 6.06. The molecule has 0 saturated heterocycles. The molecular weight excluding hydrogens is 200 g/mol. The van der Waals surface area contributed by atoms with Crippen LogP contribution in [0.15, 0.2) is 12.1 Å². The molecule has 86 valence electrons. The summed E-state index contributed by atoms with van der Waals surface area (Å²) in [6.45, 7) is 8.12. The predicted octanol–water partition coefficient (Wildman–Crippen LogP) is 2.46. The smallest absolute Gasteiger partial charge is 0.238 e. The zero-order chi connectivity index (χ0) is 12.1. The van der Waals surface area contributed by atoms with Gasteiger partial charge in [-0.15, -0.1) is 0 Å². The summed E-state index contributed by atoms with van der Waals surface area (Å²) in [5.41, 5.74) is 1.63. The number of nitrogens with zero attached hydrogens (tertiary/aromatic N) is 2. The van der Waals surface area contributed by atoms with Gasteiger partial charge in [-0.05, 0) is 25.8 Å². The molecule has 3 heteroatoms. The van der Waals surface area contributed by atoms with Crippen molar-refractivity contribution in [3.8, 4) is 0 Å². The SMILES string of the molecule is CC(C)c1ccc2c(n1)N(C)C(=O)C2(C)C. The molecule has 1 aliphatic heterocycles. The zero-order valence-electron chi connectivity index (χ0n) is 10.5. The van der Waals surface area contributed by atoms with Gasteiger partial charge in [0.25, 0.3) is 0 Å². The largest absolute Gasteiger partial charge is 0.299 e. The summed E-state index contributed by atoms with van der Waals surface area (Å²) < 4.78 is 0. The Hall–Kier alpha value is -1.38. The fraction of sp³-hybridized carbons (Fsp3) is 0.538. The molecule has 0 aromatic carbocycles. The minimum atomic E-state index is -0.438. The molecule has 1 aromatic heterocycles. The molecule has 3 nitrogen and oxygen atoms in total. The Kier molecular flexibility index (Phi) is 2.30. The third kappa shape index (κ3) is 1.34. The van der Waals surface area contributed by atoms with E-state index in [1.165, 1.54) is 0 Å². The molecule has 2 heterocycles. The lowest BCUT2D eigenvalue weighted by molar-refractivity contribution is -0.121. The summed E-state index contributed by atoms with van der Waals surface area (Å²) >= 11 is 0. The van der Waals surface area contributed by atoms with Crippen molar-refractivity contribution in [2.45, 2.75) is 39.0 Å². The second-order valence-electron chi connectivity index (χ2n) is 5.25. The maximum atomic E-state index is 12.1. The quantitative estimate of drug-likeness (QED) is 0.725. The van der Waals surface area contributed by atoms with Crippen LogP contribution < -0.4 is 4.90 Å². The molecule has 0 bridgehead atoms. The summed E-state index contributed by atoms with van der Waals surface area (Å²) in [4.78, 5) is 18.3. The van der Waals surface area contributed by atoms with Crippen LogP contribution in [0.25, 0.3) is 0 Å². The average molecular weight is 218 g/mol. The summed E-state index contributed by atoms with van der Waals surface area (Å²) in [6, 6.07) is 4.07. The first kappa shape index (κ1) is 11.1. The highest BCUT2D eigenvalue weighted by Gasteiger charge is 2.43. The first-order valence-corrected chi connectivity index (χ1v) is 5.65. The number of hydrogen-bond acceptors (Lipinski definition) is 2. The van der Waals surface area contributed by atoms with E-state index in [1.54, 1.807) is 11.9 Å². The Bertz CT molecular complexity index is 449. The second kappa shape index (κ2) is 3.30. The van der Waals surface area contributed by atoms with Crippen molar-refractivity contribution in [3.05, 3.63) is 23.4 Å². The molecule has 0 aliphatic carbocycles. The third-order valence-electron chi connectivity index (χ3n) is 3.32. The van der Waals surface area contributed by atoms with Gasteiger partial charge in [-0.25, -0.2) is 4.98 Å². The monoisotopic (exact) mass is 218 g/mol. The van der Waals surface area contributed by atoms with Crippen molar-refractivity contribution in [1.82, 2.24) is 4.98 Å².